The minimum absolute atomic E-state index is 1.17. The van der Waals surface area contributed by atoms with Gasteiger partial charge in [0.25, 0.3) is 0 Å². The Kier molecular flexibility index (Phi) is 10.8. The predicted octanol–water partition coefficient (Wildman–Crippen LogP) is 19.2. The Hall–Kier alpha value is -2.40. The third-order valence-corrected chi connectivity index (χ3v) is 21.0. The second-order valence-corrected chi connectivity index (χ2v) is 23.8. The van der Waals surface area contributed by atoms with Gasteiger partial charge >= 0.3 is 0 Å². The molecule has 2 aliphatic rings. The molecule has 0 nitrogen and oxygen atoms in total. The zero-order chi connectivity index (χ0) is 37.9. The van der Waals surface area contributed by atoms with Crippen molar-refractivity contribution in [2.24, 2.45) is 0 Å². The minimum Gasteiger partial charge on any atom is -0.142 e. The van der Waals surface area contributed by atoms with Gasteiger partial charge in [0.2, 0.25) is 0 Å². The zero-order valence-corrected chi connectivity index (χ0v) is 39.1. The lowest BCUT2D eigenvalue weighted by molar-refractivity contribution is 0.804. The van der Waals surface area contributed by atoms with Crippen LogP contribution >= 0.6 is 90.7 Å². The molecule has 8 aromatic heterocycles. The van der Waals surface area contributed by atoms with Crippen molar-refractivity contribution < 1.29 is 0 Å². The molecule has 0 radical (unpaired) electrons. The molecular weight excluding hydrogens is 833 g/mol. The molecule has 0 bridgehead atoms. The van der Waals surface area contributed by atoms with E-state index < -0.39 is 0 Å². The maximum absolute atomic E-state index is 2.58. The van der Waals surface area contributed by atoms with Gasteiger partial charge in [-0.3, -0.25) is 0 Å². The van der Waals surface area contributed by atoms with E-state index in [-0.39, 0.29) is 0 Å². The quantitative estimate of drug-likeness (QED) is 0.108. The molecule has 0 saturated heterocycles. The highest BCUT2D eigenvalue weighted by molar-refractivity contribution is 7.30. The number of thiophene rings is 8. The summed E-state index contributed by atoms with van der Waals surface area (Å²) < 4.78 is 0. The smallest absolute Gasteiger partial charge is 0.0534 e. The van der Waals surface area contributed by atoms with Crippen LogP contribution < -0.4 is 0 Å². The van der Waals surface area contributed by atoms with Crippen LogP contribution in [-0.4, -0.2) is 0 Å². The standard InChI is InChI=1S/C48H46S8/c1-5-9-13-27-21-33-31-17-19-49-41(31)43-37(35-23-29(15-11-7-3)53-47(35)45(33)51-27)25-39(55-43)40-26-38-36-24-30(16-12-8-4)54-48(36)46-34(22-28(52-46)14-10-6-2)32-18-20-50-42(32)44(38)56-40/h17-26H,5-16H2,1-4H3. The first-order valence-corrected chi connectivity index (χ1v) is 27.2. The Morgan fingerprint density at radius 3 is 0.929 bits per heavy atom. The molecular formula is C48H46S8. The molecule has 286 valence electrons. The average molecular weight is 879 g/mol. The molecule has 0 unspecified atom stereocenters. The van der Waals surface area contributed by atoms with Gasteiger partial charge in [0.1, 0.15) is 0 Å². The van der Waals surface area contributed by atoms with E-state index in [1.165, 1.54) is 190 Å². The molecule has 2 aliphatic carbocycles. The van der Waals surface area contributed by atoms with Crippen LogP contribution in [0.1, 0.15) is 98.6 Å². The van der Waals surface area contributed by atoms with Crippen LogP contribution in [0.25, 0.3) is 93.3 Å². The van der Waals surface area contributed by atoms with Crippen molar-refractivity contribution in [3.63, 3.8) is 0 Å². The first kappa shape index (κ1) is 37.8. The first-order valence-electron chi connectivity index (χ1n) is 20.5. The highest BCUT2D eigenvalue weighted by atomic mass is 32.1. The summed E-state index contributed by atoms with van der Waals surface area (Å²) in [5.74, 6) is 0. The fourth-order valence-corrected chi connectivity index (χ4v) is 18.1. The fraction of sp³-hybridized carbons (Fsp3) is 0.333. The van der Waals surface area contributed by atoms with E-state index in [2.05, 4.69) is 132 Å². The van der Waals surface area contributed by atoms with Gasteiger partial charge in [0.15, 0.2) is 0 Å². The SMILES string of the molecule is CCCCc1cc2c(s1)-c1sc(CCCC)cc1-c1cc(-c3cc4c(s3)-c3sccc3-c3cc(CCCC)sc3-c3sc(CCCC)cc3-4)sc1-c1sccc1-2. The van der Waals surface area contributed by atoms with Crippen LogP contribution in [0, 0.1) is 0 Å². The van der Waals surface area contributed by atoms with Gasteiger partial charge < -0.3 is 0 Å². The Balaban J connectivity index is 1.15. The van der Waals surface area contributed by atoms with Gasteiger partial charge in [-0.15, -0.1) is 90.7 Å². The van der Waals surface area contributed by atoms with Crippen molar-refractivity contribution in [2.75, 3.05) is 0 Å². The predicted molar refractivity (Wildman–Crippen MR) is 260 cm³/mol. The molecule has 56 heavy (non-hydrogen) atoms. The number of fused-ring (bicyclic) bond motifs is 16. The summed E-state index contributed by atoms with van der Waals surface area (Å²) in [5.41, 5.74) is 11.6. The summed E-state index contributed by atoms with van der Waals surface area (Å²) in [5, 5.41) is 4.67. The van der Waals surface area contributed by atoms with Crippen molar-refractivity contribution in [3.05, 3.63) is 78.8 Å². The van der Waals surface area contributed by atoms with Crippen molar-refractivity contribution in [1.29, 1.82) is 0 Å². The number of hydrogen-bond acceptors (Lipinski definition) is 8. The van der Waals surface area contributed by atoms with E-state index in [1.807, 2.05) is 45.3 Å². The summed E-state index contributed by atoms with van der Waals surface area (Å²) >= 11 is 16.2. The van der Waals surface area contributed by atoms with Gasteiger partial charge in [0.05, 0.1) is 39.0 Å². The summed E-state index contributed by atoms with van der Waals surface area (Å²) in [6.45, 7) is 9.27. The summed E-state index contributed by atoms with van der Waals surface area (Å²) in [6, 6.07) is 20.2. The van der Waals surface area contributed by atoms with Gasteiger partial charge in [0, 0.05) is 73.8 Å². The zero-order valence-electron chi connectivity index (χ0n) is 32.5. The summed E-state index contributed by atoms with van der Waals surface area (Å²) in [7, 11) is 0. The van der Waals surface area contributed by atoms with E-state index in [9.17, 15) is 0 Å². The van der Waals surface area contributed by atoms with Crippen molar-refractivity contribution in [2.45, 2.75) is 105 Å². The molecule has 0 fully saturated rings. The summed E-state index contributed by atoms with van der Waals surface area (Å²) in [6.07, 6.45) is 14.6. The number of rotatable bonds is 13. The molecule has 0 spiro atoms. The van der Waals surface area contributed by atoms with Crippen molar-refractivity contribution in [3.8, 4) is 93.3 Å². The van der Waals surface area contributed by atoms with Gasteiger partial charge in [-0.25, -0.2) is 0 Å². The van der Waals surface area contributed by atoms with Crippen LogP contribution in [0.3, 0.4) is 0 Å². The molecule has 0 N–H and O–H groups in total. The Labute approximate surface area is 364 Å². The fourth-order valence-electron chi connectivity index (χ4n) is 8.30. The molecule has 0 atom stereocenters. The molecule has 0 saturated carbocycles. The third-order valence-electron chi connectivity index (χ3n) is 11.3. The van der Waals surface area contributed by atoms with Crippen LogP contribution in [0.5, 0.6) is 0 Å². The highest BCUT2D eigenvalue weighted by Crippen LogP contribution is 2.61. The number of hydrogen-bond donors (Lipinski definition) is 0. The summed E-state index contributed by atoms with van der Waals surface area (Å²) in [4.78, 5) is 20.7. The van der Waals surface area contributed by atoms with E-state index in [4.69, 9.17) is 0 Å². The molecule has 0 amide bonds. The van der Waals surface area contributed by atoms with E-state index >= 15 is 0 Å². The third kappa shape index (κ3) is 6.59. The van der Waals surface area contributed by atoms with Crippen molar-refractivity contribution >= 4 is 90.7 Å². The Morgan fingerprint density at radius 2 is 0.607 bits per heavy atom. The highest BCUT2D eigenvalue weighted by Gasteiger charge is 2.32. The van der Waals surface area contributed by atoms with Crippen LogP contribution in [-0.2, 0) is 25.7 Å². The van der Waals surface area contributed by atoms with E-state index in [1.54, 1.807) is 0 Å². The molecule has 8 heterocycles. The molecule has 0 aliphatic heterocycles. The molecule has 8 heteroatoms. The average Bonchev–Trinajstić information content (AvgIpc) is 4.05. The lowest BCUT2D eigenvalue weighted by Gasteiger charge is -2.12. The molecule has 8 aromatic rings. The van der Waals surface area contributed by atoms with E-state index in [0.717, 1.165) is 0 Å². The number of aryl methyl sites for hydroxylation is 4. The maximum atomic E-state index is 2.58. The minimum atomic E-state index is 1.17. The number of unbranched alkanes of at least 4 members (excludes halogenated alkanes) is 4. The lowest BCUT2D eigenvalue weighted by atomic mass is 9.95. The van der Waals surface area contributed by atoms with E-state index in [0.29, 0.717) is 0 Å². The second-order valence-electron chi connectivity index (χ2n) is 15.3. The maximum Gasteiger partial charge on any atom is 0.0534 e. The van der Waals surface area contributed by atoms with Crippen LogP contribution in [0.15, 0.2) is 59.3 Å². The Morgan fingerprint density at radius 1 is 0.321 bits per heavy atom. The molecule has 10 rings (SSSR count). The van der Waals surface area contributed by atoms with Gasteiger partial charge in [-0.05, 0) is 111 Å². The first-order chi connectivity index (χ1) is 27.6. The Bertz CT molecular complexity index is 2480. The van der Waals surface area contributed by atoms with Gasteiger partial charge in [-0.1, -0.05) is 53.4 Å². The lowest BCUT2D eigenvalue weighted by Crippen LogP contribution is -1.85. The van der Waals surface area contributed by atoms with Crippen LogP contribution in [0.4, 0.5) is 0 Å². The molecule has 0 aromatic carbocycles. The topological polar surface area (TPSA) is 0 Å². The second kappa shape index (κ2) is 16.0. The van der Waals surface area contributed by atoms with Crippen LogP contribution in [0.2, 0.25) is 0 Å². The van der Waals surface area contributed by atoms with Gasteiger partial charge in [-0.2, -0.15) is 0 Å². The van der Waals surface area contributed by atoms with Crippen molar-refractivity contribution in [1.82, 2.24) is 0 Å². The normalized spacial score (nSPS) is 12.4. The monoisotopic (exact) mass is 878 g/mol. The largest absolute Gasteiger partial charge is 0.142 e.